The molecule has 9 nitrogen and oxygen atoms in total. The number of carbonyl (C=O) groups excluding carboxylic acids is 2. The molecule has 1 saturated heterocycles. The lowest BCUT2D eigenvalue weighted by Gasteiger charge is -2.31. The lowest BCUT2D eigenvalue weighted by atomic mass is 9.94. The summed E-state index contributed by atoms with van der Waals surface area (Å²) in [5.41, 5.74) is 0.600. The molecule has 2 aromatic rings. The quantitative estimate of drug-likeness (QED) is 0.385. The summed E-state index contributed by atoms with van der Waals surface area (Å²) >= 11 is 0. The third kappa shape index (κ3) is 5.26. The van der Waals surface area contributed by atoms with Crippen LogP contribution in [0.3, 0.4) is 0 Å². The van der Waals surface area contributed by atoms with Gasteiger partial charge in [0, 0.05) is 26.2 Å². The van der Waals surface area contributed by atoms with E-state index in [1.54, 1.807) is 30.3 Å². The van der Waals surface area contributed by atoms with Crippen LogP contribution in [-0.4, -0.2) is 79.2 Å². The number of carbonyl (C=O) groups is 2. The molecule has 1 atom stereocenters. The second-order valence-corrected chi connectivity index (χ2v) is 8.16. The fourth-order valence-corrected chi connectivity index (χ4v) is 4.31. The standard InChI is InChI=1S/C26H30N2O7/c1-3-13-34-19-8-7-18(17-21(19)33-4-2)23-22(24(29)20-6-5-14-35-20)25(30)26(31)28(23)10-9-27-11-15-32-16-12-27/h3,5-8,14,17,23,30H,1,4,9-13,15-16H2,2H3. The number of ether oxygens (including phenoxy) is 3. The van der Waals surface area contributed by atoms with Crippen LogP contribution in [0.5, 0.6) is 11.5 Å². The monoisotopic (exact) mass is 482 g/mol. The van der Waals surface area contributed by atoms with E-state index in [9.17, 15) is 14.7 Å². The van der Waals surface area contributed by atoms with Gasteiger partial charge in [0.1, 0.15) is 6.61 Å². The van der Waals surface area contributed by atoms with Gasteiger partial charge < -0.3 is 28.6 Å². The number of benzene rings is 1. The maximum Gasteiger partial charge on any atom is 0.290 e. The summed E-state index contributed by atoms with van der Waals surface area (Å²) in [6.45, 7) is 9.91. The van der Waals surface area contributed by atoms with Crippen molar-refractivity contribution in [2.45, 2.75) is 13.0 Å². The first-order valence-electron chi connectivity index (χ1n) is 11.7. The topological polar surface area (TPSA) is 102 Å². The molecule has 186 valence electrons. The van der Waals surface area contributed by atoms with E-state index in [4.69, 9.17) is 18.6 Å². The van der Waals surface area contributed by atoms with Gasteiger partial charge >= 0.3 is 0 Å². The molecule has 4 rings (SSSR count). The maximum absolute atomic E-state index is 13.3. The van der Waals surface area contributed by atoms with E-state index in [0.29, 0.717) is 56.6 Å². The van der Waals surface area contributed by atoms with Crippen molar-refractivity contribution in [3.05, 3.63) is 71.9 Å². The molecule has 0 aliphatic carbocycles. The zero-order valence-corrected chi connectivity index (χ0v) is 19.8. The molecule has 1 amide bonds. The number of ketones is 1. The van der Waals surface area contributed by atoms with Crippen LogP contribution in [0.15, 0.2) is 65.0 Å². The van der Waals surface area contributed by atoms with Gasteiger partial charge in [0.15, 0.2) is 23.0 Å². The van der Waals surface area contributed by atoms with E-state index in [1.807, 2.05) is 6.92 Å². The third-order valence-corrected chi connectivity index (χ3v) is 5.99. The van der Waals surface area contributed by atoms with Gasteiger partial charge in [-0.25, -0.2) is 0 Å². The Balaban J connectivity index is 1.71. The molecule has 1 aromatic heterocycles. The molecule has 2 aliphatic heterocycles. The Morgan fingerprint density at radius 1 is 1.20 bits per heavy atom. The Kier molecular flexibility index (Phi) is 7.89. The largest absolute Gasteiger partial charge is 0.503 e. The van der Waals surface area contributed by atoms with Crippen molar-refractivity contribution >= 4 is 11.7 Å². The third-order valence-electron chi connectivity index (χ3n) is 5.99. The summed E-state index contributed by atoms with van der Waals surface area (Å²) in [5, 5.41) is 10.8. The van der Waals surface area contributed by atoms with Crippen molar-refractivity contribution in [3.63, 3.8) is 0 Å². The Hall–Kier alpha value is -3.56. The highest BCUT2D eigenvalue weighted by molar-refractivity contribution is 6.15. The van der Waals surface area contributed by atoms with E-state index >= 15 is 0 Å². The predicted octanol–water partition coefficient (Wildman–Crippen LogP) is 3.15. The molecule has 0 spiro atoms. The minimum absolute atomic E-state index is 0.0193. The highest BCUT2D eigenvalue weighted by atomic mass is 16.5. The molecule has 0 radical (unpaired) electrons. The molecule has 1 fully saturated rings. The van der Waals surface area contributed by atoms with Crippen LogP contribution < -0.4 is 9.47 Å². The number of aliphatic hydroxyl groups excluding tert-OH is 1. The Morgan fingerprint density at radius 2 is 2.00 bits per heavy atom. The van der Waals surface area contributed by atoms with Crippen LogP contribution in [-0.2, 0) is 9.53 Å². The first-order valence-corrected chi connectivity index (χ1v) is 11.7. The van der Waals surface area contributed by atoms with E-state index in [2.05, 4.69) is 11.5 Å². The average Bonchev–Trinajstić information content (AvgIpc) is 3.50. The number of aliphatic hydroxyl groups is 1. The SMILES string of the molecule is C=CCOc1ccc(C2C(C(=O)c3ccco3)=C(O)C(=O)N2CCN2CCOCC2)cc1OCC. The number of Topliss-reactive ketones (excluding diaryl/α,β-unsaturated/α-hetero) is 1. The molecular weight excluding hydrogens is 452 g/mol. The van der Waals surface area contributed by atoms with Crippen LogP contribution in [0, 0.1) is 0 Å². The van der Waals surface area contributed by atoms with E-state index in [-0.39, 0.29) is 11.3 Å². The van der Waals surface area contributed by atoms with Gasteiger partial charge in [-0.2, -0.15) is 0 Å². The summed E-state index contributed by atoms with van der Waals surface area (Å²) in [6, 6.07) is 7.54. The number of morpholine rings is 1. The van der Waals surface area contributed by atoms with Crippen LogP contribution in [0.1, 0.15) is 29.1 Å². The van der Waals surface area contributed by atoms with Gasteiger partial charge in [-0.15, -0.1) is 0 Å². The highest BCUT2D eigenvalue weighted by Crippen LogP contribution is 2.41. The molecule has 2 aliphatic rings. The number of amides is 1. The van der Waals surface area contributed by atoms with Gasteiger partial charge in [-0.1, -0.05) is 18.7 Å². The van der Waals surface area contributed by atoms with Gasteiger partial charge in [-0.3, -0.25) is 14.5 Å². The van der Waals surface area contributed by atoms with Crippen molar-refractivity contribution < 1.29 is 33.3 Å². The Bertz CT molecular complexity index is 1090. The molecule has 0 bridgehead atoms. The molecule has 1 N–H and O–H groups in total. The normalized spacial score (nSPS) is 18.7. The van der Waals surface area contributed by atoms with E-state index in [1.165, 1.54) is 17.2 Å². The summed E-state index contributed by atoms with van der Waals surface area (Å²) in [6.07, 6.45) is 3.01. The minimum Gasteiger partial charge on any atom is -0.503 e. The molecule has 35 heavy (non-hydrogen) atoms. The van der Waals surface area contributed by atoms with Gasteiger partial charge in [0.2, 0.25) is 5.78 Å². The maximum atomic E-state index is 13.3. The van der Waals surface area contributed by atoms with Crippen molar-refractivity contribution in [1.29, 1.82) is 0 Å². The second-order valence-electron chi connectivity index (χ2n) is 8.16. The number of hydrogen-bond acceptors (Lipinski definition) is 8. The first kappa shape index (κ1) is 24.6. The van der Waals surface area contributed by atoms with E-state index < -0.39 is 23.5 Å². The number of rotatable bonds is 11. The summed E-state index contributed by atoms with van der Waals surface area (Å²) in [4.78, 5) is 30.2. The summed E-state index contributed by atoms with van der Waals surface area (Å²) in [5.74, 6) is -0.651. The van der Waals surface area contributed by atoms with Crippen molar-refractivity contribution in [2.24, 2.45) is 0 Å². The first-order chi connectivity index (χ1) is 17.0. The van der Waals surface area contributed by atoms with Crippen molar-refractivity contribution in [1.82, 2.24) is 9.80 Å². The average molecular weight is 483 g/mol. The highest BCUT2D eigenvalue weighted by Gasteiger charge is 2.44. The summed E-state index contributed by atoms with van der Waals surface area (Å²) < 4.78 is 22.2. The molecule has 3 heterocycles. The Labute approximate surface area is 204 Å². The number of hydrogen-bond donors (Lipinski definition) is 1. The van der Waals surface area contributed by atoms with Gasteiger partial charge in [0.25, 0.3) is 5.91 Å². The molecular formula is C26H30N2O7. The van der Waals surface area contributed by atoms with Gasteiger partial charge in [0.05, 0.1) is 37.7 Å². The van der Waals surface area contributed by atoms with Gasteiger partial charge in [-0.05, 0) is 36.8 Å². The fourth-order valence-electron chi connectivity index (χ4n) is 4.31. The second kappa shape index (κ2) is 11.2. The number of furan rings is 1. The van der Waals surface area contributed by atoms with Crippen molar-refractivity contribution in [3.8, 4) is 11.5 Å². The van der Waals surface area contributed by atoms with Crippen LogP contribution in [0.2, 0.25) is 0 Å². The lowest BCUT2D eigenvalue weighted by molar-refractivity contribution is -0.129. The smallest absolute Gasteiger partial charge is 0.290 e. The molecule has 1 aromatic carbocycles. The predicted molar refractivity (Wildman–Crippen MR) is 128 cm³/mol. The fraction of sp³-hybridized carbons (Fsp3) is 0.385. The lowest BCUT2D eigenvalue weighted by Crippen LogP contribution is -2.43. The molecule has 0 saturated carbocycles. The summed E-state index contributed by atoms with van der Waals surface area (Å²) in [7, 11) is 0. The minimum atomic E-state index is -0.811. The van der Waals surface area contributed by atoms with Crippen LogP contribution >= 0.6 is 0 Å². The van der Waals surface area contributed by atoms with Crippen molar-refractivity contribution in [2.75, 3.05) is 52.6 Å². The van der Waals surface area contributed by atoms with Crippen LogP contribution in [0.4, 0.5) is 0 Å². The number of nitrogens with zero attached hydrogens (tertiary/aromatic N) is 2. The molecule has 9 heteroatoms. The zero-order valence-electron chi connectivity index (χ0n) is 19.8. The molecule has 1 unspecified atom stereocenters. The van der Waals surface area contributed by atoms with Crippen LogP contribution in [0.25, 0.3) is 0 Å². The van der Waals surface area contributed by atoms with E-state index in [0.717, 1.165) is 13.1 Å². The Morgan fingerprint density at radius 3 is 2.69 bits per heavy atom. The zero-order chi connectivity index (χ0) is 24.8.